The van der Waals surface area contributed by atoms with Crippen LogP contribution in [0.1, 0.15) is 29.3 Å². The maximum absolute atomic E-state index is 5.55. The summed E-state index contributed by atoms with van der Waals surface area (Å²) in [6.07, 6.45) is 3.72. The molecule has 1 saturated carbocycles. The molecule has 2 N–H and O–H groups in total. The topological polar surface area (TPSA) is 48.9 Å². The van der Waals surface area contributed by atoms with Gasteiger partial charge in [-0.05, 0) is 41.7 Å². The Morgan fingerprint density at radius 1 is 1.14 bits per heavy atom. The van der Waals surface area contributed by atoms with Crippen LogP contribution in [-0.4, -0.2) is 57.3 Å². The van der Waals surface area contributed by atoms with Gasteiger partial charge in [0.15, 0.2) is 5.96 Å². The molecule has 1 aliphatic carbocycles. The maximum atomic E-state index is 5.55. The predicted octanol–water partition coefficient (Wildman–Crippen LogP) is 3.31. The monoisotopic (exact) mass is 412 g/mol. The van der Waals surface area contributed by atoms with Gasteiger partial charge >= 0.3 is 0 Å². The summed E-state index contributed by atoms with van der Waals surface area (Å²) in [5.74, 6) is 0.902. The molecule has 6 heteroatoms. The molecular weight excluding hydrogens is 380 g/mol. The highest BCUT2D eigenvalue weighted by Crippen LogP contribution is 2.47. The molecule has 0 bridgehead atoms. The number of guanidine groups is 1. The van der Waals surface area contributed by atoms with Crippen LogP contribution in [0, 0.1) is 5.41 Å². The number of benzene rings is 1. The third-order valence-corrected chi connectivity index (χ3v) is 7.03. The van der Waals surface area contributed by atoms with E-state index >= 15 is 0 Å². The van der Waals surface area contributed by atoms with Crippen molar-refractivity contribution in [2.45, 2.75) is 25.3 Å². The third kappa shape index (κ3) is 5.59. The number of rotatable bonds is 8. The van der Waals surface area contributed by atoms with Gasteiger partial charge in [0.1, 0.15) is 0 Å². The van der Waals surface area contributed by atoms with E-state index in [2.05, 4.69) is 68.4 Å². The molecule has 0 spiro atoms. The van der Waals surface area contributed by atoms with Gasteiger partial charge in [-0.15, -0.1) is 11.3 Å². The van der Waals surface area contributed by atoms with Gasteiger partial charge in [0.05, 0.1) is 19.3 Å². The van der Waals surface area contributed by atoms with Crippen LogP contribution < -0.4 is 10.6 Å². The van der Waals surface area contributed by atoms with Crippen molar-refractivity contribution >= 4 is 17.3 Å². The lowest BCUT2D eigenvalue weighted by atomic mass is 9.96. The number of nitrogens with one attached hydrogen (secondary N) is 2. The quantitative estimate of drug-likeness (QED) is 0.516. The molecule has 2 heterocycles. The van der Waals surface area contributed by atoms with Crippen molar-refractivity contribution in [1.82, 2.24) is 15.5 Å². The maximum Gasteiger partial charge on any atom is 0.191 e. The normalized spacial score (nSPS) is 20.2. The summed E-state index contributed by atoms with van der Waals surface area (Å²) in [6, 6.07) is 15.6. The number of morpholine rings is 1. The Morgan fingerprint density at radius 2 is 1.93 bits per heavy atom. The van der Waals surface area contributed by atoms with Crippen LogP contribution in [-0.2, 0) is 11.2 Å². The van der Waals surface area contributed by atoms with Crippen LogP contribution in [0.2, 0.25) is 0 Å². The van der Waals surface area contributed by atoms with E-state index in [0.717, 1.165) is 51.8 Å². The van der Waals surface area contributed by atoms with E-state index < -0.39 is 0 Å². The highest BCUT2D eigenvalue weighted by molar-refractivity contribution is 7.10. The summed E-state index contributed by atoms with van der Waals surface area (Å²) in [5, 5.41) is 9.34. The number of hydrogen-bond donors (Lipinski definition) is 2. The van der Waals surface area contributed by atoms with Crippen molar-refractivity contribution in [2.24, 2.45) is 10.4 Å². The predicted molar refractivity (Wildman–Crippen MR) is 121 cm³/mol. The van der Waals surface area contributed by atoms with E-state index in [9.17, 15) is 0 Å². The zero-order chi connectivity index (χ0) is 19.9. The van der Waals surface area contributed by atoms with E-state index in [0.29, 0.717) is 11.5 Å². The smallest absolute Gasteiger partial charge is 0.191 e. The Labute approximate surface area is 178 Å². The van der Waals surface area contributed by atoms with Crippen molar-refractivity contribution in [3.8, 4) is 0 Å². The standard InChI is InChI=1S/C23H32N4OS/c1-24-22(26-18-23(9-10-23)16-19-6-3-2-4-7-19)25-17-20(21-8-5-15-29-21)27-11-13-28-14-12-27/h2-8,15,20H,9-14,16-18H2,1H3,(H2,24,25,26). The molecule has 1 aromatic heterocycles. The van der Waals surface area contributed by atoms with Crippen molar-refractivity contribution in [2.75, 3.05) is 46.4 Å². The summed E-state index contributed by atoms with van der Waals surface area (Å²) in [7, 11) is 1.86. The van der Waals surface area contributed by atoms with E-state index in [1.807, 2.05) is 18.4 Å². The summed E-state index contributed by atoms with van der Waals surface area (Å²) in [6.45, 7) is 5.43. The van der Waals surface area contributed by atoms with Crippen molar-refractivity contribution in [3.05, 3.63) is 58.3 Å². The lowest BCUT2D eigenvalue weighted by Crippen LogP contribution is -2.47. The van der Waals surface area contributed by atoms with Crippen molar-refractivity contribution in [1.29, 1.82) is 0 Å². The Kier molecular flexibility index (Phi) is 6.85. The van der Waals surface area contributed by atoms with Gasteiger partial charge in [0, 0.05) is 38.1 Å². The summed E-state index contributed by atoms with van der Waals surface area (Å²) in [5.41, 5.74) is 1.82. The second-order valence-electron chi connectivity index (χ2n) is 8.15. The van der Waals surface area contributed by atoms with Crippen LogP contribution in [0.15, 0.2) is 52.8 Å². The highest BCUT2D eigenvalue weighted by Gasteiger charge is 2.42. The van der Waals surface area contributed by atoms with Gasteiger partial charge < -0.3 is 15.4 Å². The lowest BCUT2D eigenvalue weighted by Gasteiger charge is -2.34. The van der Waals surface area contributed by atoms with Gasteiger partial charge in [-0.2, -0.15) is 0 Å². The van der Waals surface area contributed by atoms with Crippen LogP contribution in [0.25, 0.3) is 0 Å². The van der Waals surface area contributed by atoms with Gasteiger partial charge in [0.2, 0.25) is 0 Å². The second-order valence-corrected chi connectivity index (χ2v) is 9.13. The van der Waals surface area contributed by atoms with Crippen molar-refractivity contribution < 1.29 is 4.74 Å². The minimum absolute atomic E-state index is 0.358. The van der Waals surface area contributed by atoms with Gasteiger partial charge in [-0.1, -0.05) is 36.4 Å². The number of aliphatic imine (C=N–C) groups is 1. The molecule has 1 atom stereocenters. The van der Waals surface area contributed by atoms with Crippen LogP contribution in [0.5, 0.6) is 0 Å². The van der Waals surface area contributed by atoms with E-state index in [-0.39, 0.29) is 0 Å². The molecule has 0 amide bonds. The second kappa shape index (κ2) is 9.74. The molecular formula is C23H32N4OS. The molecule has 1 saturated heterocycles. The summed E-state index contributed by atoms with van der Waals surface area (Å²) in [4.78, 5) is 8.40. The number of nitrogens with zero attached hydrogens (tertiary/aromatic N) is 2. The Bertz CT molecular complexity index is 767. The largest absolute Gasteiger partial charge is 0.379 e. The Hall–Kier alpha value is -1.89. The molecule has 4 rings (SSSR count). The molecule has 29 heavy (non-hydrogen) atoms. The first kappa shape index (κ1) is 20.4. The average molecular weight is 413 g/mol. The lowest BCUT2D eigenvalue weighted by molar-refractivity contribution is 0.0177. The Balaban J connectivity index is 1.31. The SMILES string of the molecule is CN=C(NCC(c1cccs1)N1CCOCC1)NCC1(Cc2ccccc2)CC1. The first-order valence-electron chi connectivity index (χ1n) is 10.6. The van der Waals surface area contributed by atoms with E-state index in [4.69, 9.17) is 4.74 Å². The summed E-state index contributed by atoms with van der Waals surface area (Å²) >= 11 is 1.83. The molecule has 2 fully saturated rings. The molecule has 156 valence electrons. The number of hydrogen-bond acceptors (Lipinski definition) is 4. The van der Waals surface area contributed by atoms with E-state index in [1.165, 1.54) is 23.3 Å². The molecule has 2 aromatic rings. The van der Waals surface area contributed by atoms with Crippen LogP contribution >= 0.6 is 11.3 Å². The van der Waals surface area contributed by atoms with Crippen molar-refractivity contribution in [3.63, 3.8) is 0 Å². The number of thiophene rings is 1. The van der Waals surface area contributed by atoms with E-state index in [1.54, 1.807) is 0 Å². The third-order valence-electron chi connectivity index (χ3n) is 6.05. The van der Waals surface area contributed by atoms with Crippen LogP contribution in [0.3, 0.4) is 0 Å². The first-order chi connectivity index (χ1) is 14.3. The molecule has 5 nitrogen and oxygen atoms in total. The van der Waals surface area contributed by atoms with Gasteiger partial charge in [-0.25, -0.2) is 0 Å². The fraction of sp³-hybridized carbons (Fsp3) is 0.522. The molecule has 0 radical (unpaired) electrons. The number of ether oxygens (including phenoxy) is 1. The fourth-order valence-corrected chi connectivity index (χ4v) is 4.95. The molecule has 2 aliphatic rings. The molecule has 1 aromatic carbocycles. The average Bonchev–Trinajstić information content (AvgIpc) is 3.31. The zero-order valence-corrected chi connectivity index (χ0v) is 18.1. The van der Waals surface area contributed by atoms with Gasteiger partial charge in [0.25, 0.3) is 0 Å². The summed E-state index contributed by atoms with van der Waals surface area (Å²) < 4.78 is 5.55. The fourth-order valence-electron chi connectivity index (χ4n) is 4.09. The minimum atomic E-state index is 0.358. The minimum Gasteiger partial charge on any atom is -0.379 e. The zero-order valence-electron chi connectivity index (χ0n) is 17.3. The van der Waals surface area contributed by atoms with Gasteiger partial charge in [-0.3, -0.25) is 9.89 Å². The molecule has 1 aliphatic heterocycles. The van der Waals surface area contributed by atoms with Crippen LogP contribution in [0.4, 0.5) is 0 Å². The molecule has 1 unspecified atom stereocenters. The first-order valence-corrected chi connectivity index (χ1v) is 11.5. The highest BCUT2D eigenvalue weighted by atomic mass is 32.1. The Morgan fingerprint density at radius 3 is 2.59 bits per heavy atom.